The molecule has 0 aliphatic carbocycles. The molecule has 29 heavy (non-hydrogen) atoms. The summed E-state index contributed by atoms with van der Waals surface area (Å²) in [5.74, 6) is -0.379. The Kier molecular flexibility index (Phi) is 8.11. The molecule has 0 saturated heterocycles. The van der Waals surface area contributed by atoms with Gasteiger partial charge in [0.05, 0.1) is 11.9 Å². The van der Waals surface area contributed by atoms with Crippen molar-refractivity contribution in [2.24, 2.45) is 0 Å². The lowest BCUT2D eigenvalue weighted by molar-refractivity contribution is -0.117. The lowest BCUT2D eigenvalue weighted by Crippen LogP contribution is -2.47. The summed E-state index contributed by atoms with van der Waals surface area (Å²) in [5, 5.41) is 3.30. The van der Waals surface area contributed by atoms with Crippen LogP contribution in [0.1, 0.15) is 44.2 Å². The van der Waals surface area contributed by atoms with E-state index in [1.165, 1.54) is 5.56 Å². The van der Waals surface area contributed by atoms with Crippen LogP contribution in [-0.2, 0) is 21.2 Å². The molecule has 158 valence electrons. The van der Waals surface area contributed by atoms with Gasteiger partial charge in [-0.05, 0) is 61.6 Å². The lowest BCUT2D eigenvalue weighted by Gasteiger charge is -2.30. The largest absolute Gasteiger partial charge is 0.324 e. The Morgan fingerprint density at radius 2 is 1.79 bits per heavy atom. The van der Waals surface area contributed by atoms with Crippen LogP contribution in [0, 0.1) is 6.92 Å². The number of hydrogen-bond donors (Lipinski definition) is 1. The van der Waals surface area contributed by atoms with Gasteiger partial charge < -0.3 is 5.32 Å². The van der Waals surface area contributed by atoms with Crippen molar-refractivity contribution in [3.05, 3.63) is 58.6 Å². The first kappa shape index (κ1) is 23.2. The normalized spacial score (nSPS) is 12.4. The van der Waals surface area contributed by atoms with Crippen LogP contribution in [0.25, 0.3) is 0 Å². The van der Waals surface area contributed by atoms with Gasteiger partial charge >= 0.3 is 0 Å². The van der Waals surface area contributed by atoms with Crippen molar-refractivity contribution in [2.45, 2.75) is 52.5 Å². The summed E-state index contributed by atoms with van der Waals surface area (Å²) >= 11 is 6.19. The molecule has 5 nitrogen and oxygen atoms in total. The van der Waals surface area contributed by atoms with E-state index in [9.17, 15) is 13.2 Å². The summed E-state index contributed by atoms with van der Waals surface area (Å²) in [6.07, 6.45) is 4.66. The summed E-state index contributed by atoms with van der Waals surface area (Å²) in [4.78, 5) is 13.0. The molecule has 0 bridgehead atoms. The molecule has 0 aliphatic heterocycles. The van der Waals surface area contributed by atoms with E-state index in [4.69, 9.17) is 11.6 Å². The Morgan fingerprint density at radius 1 is 1.14 bits per heavy atom. The Bertz CT molecular complexity index is 943. The van der Waals surface area contributed by atoms with Crippen LogP contribution in [-0.4, -0.2) is 26.6 Å². The zero-order valence-electron chi connectivity index (χ0n) is 17.4. The number of carbonyl (C=O) groups is 1. The predicted octanol–water partition coefficient (Wildman–Crippen LogP) is 5.17. The second-order valence-corrected chi connectivity index (χ2v) is 9.47. The first-order valence-electron chi connectivity index (χ1n) is 9.82. The molecule has 2 rings (SSSR count). The van der Waals surface area contributed by atoms with Gasteiger partial charge in [-0.1, -0.05) is 50.1 Å². The van der Waals surface area contributed by atoms with Gasteiger partial charge in [-0.15, -0.1) is 0 Å². The molecule has 2 aromatic rings. The van der Waals surface area contributed by atoms with Crippen LogP contribution < -0.4 is 9.62 Å². The summed E-state index contributed by atoms with van der Waals surface area (Å²) in [7, 11) is -3.70. The molecular formula is C22H29ClN2O3S. The van der Waals surface area contributed by atoms with Gasteiger partial charge in [-0.3, -0.25) is 9.10 Å². The minimum atomic E-state index is -3.70. The quantitative estimate of drug-likeness (QED) is 0.589. The zero-order valence-corrected chi connectivity index (χ0v) is 19.0. The van der Waals surface area contributed by atoms with Crippen LogP contribution in [0.2, 0.25) is 5.02 Å². The average molecular weight is 437 g/mol. The number of hydrogen-bond acceptors (Lipinski definition) is 3. The third kappa shape index (κ3) is 6.21. The Hall–Kier alpha value is -2.05. The fraction of sp³-hybridized carbons (Fsp3) is 0.409. The van der Waals surface area contributed by atoms with Gasteiger partial charge in [0.15, 0.2) is 0 Å². The fourth-order valence-corrected chi connectivity index (χ4v) is 4.52. The van der Waals surface area contributed by atoms with Gasteiger partial charge in [0.1, 0.15) is 6.04 Å². The van der Waals surface area contributed by atoms with Crippen molar-refractivity contribution in [1.29, 1.82) is 0 Å². The Labute approximate surface area is 179 Å². The highest BCUT2D eigenvalue weighted by molar-refractivity contribution is 7.92. The minimum absolute atomic E-state index is 0.318. The van der Waals surface area contributed by atoms with Crippen LogP contribution in [0.4, 0.5) is 11.4 Å². The molecule has 7 heteroatoms. The fourth-order valence-electron chi connectivity index (χ4n) is 3.14. The predicted molar refractivity (Wildman–Crippen MR) is 121 cm³/mol. The molecule has 0 fully saturated rings. The number of unbranched alkanes of at least 4 members (excludes halogenated alkanes) is 1. The van der Waals surface area contributed by atoms with E-state index in [1.54, 1.807) is 25.1 Å². The number of aryl methyl sites for hydroxylation is 2. The minimum Gasteiger partial charge on any atom is -0.324 e. The molecule has 0 unspecified atom stereocenters. The number of nitrogens with one attached hydrogen (secondary N) is 1. The van der Waals surface area contributed by atoms with Crippen LogP contribution >= 0.6 is 11.6 Å². The molecule has 1 amide bonds. The van der Waals surface area contributed by atoms with E-state index < -0.39 is 16.1 Å². The topological polar surface area (TPSA) is 66.5 Å². The molecule has 0 aliphatic rings. The Balaban J connectivity index is 2.27. The van der Waals surface area contributed by atoms with Gasteiger partial charge in [0.2, 0.25) is 15.9 Å². The van der Waals surface area contributed by atoms with E-state index in [-0.39, 0.29) is 5.91 Å². The highest BCUT2D eigenvalue weighted by Crippen LogP contribution is 2.28. The van der Waals surface area contributed by atoms with Crippen molar-refractivity contribution >= 4 is 38.9 Å². The number of rotatable bonds is 9. The first-order valence-corrected chi connectivity index (χ1v) is 12.0. The summed E-state index contributed by atoms with van der Waals surface area (Å²) in [5.41, 5.74) is 3.07. The average Bonchev–Trinajstić information content (AvgIpc) is 2.66. The molecule has 0 aromatic heterocycles. The maximum atomic E-state index is 13.0. The maximum Gasteiger partial charge on any atom is 0.248 e. The summed E-state index contributed by atoms with van der Waals surface area (Å²) < 4.78 is 26.2. The molecule has 0 saturated carbocycles. The molecule has 2 aromatic carbocycles. The van der Waals surface area contributed by atoms with E-state index >= 15 is 0 Å². The number of halogens is 1. The number of nitrogens with zero attached hydrogens (tertiary/aromatic N) is 1. The third-order valence-electron chi connectivity index (χ3n) is 4.78. The molecule has 0 heterocycles. The van der Waals surface area contributed by atoms with Crippen molar-refractivity contribution in [1.82, 2.24) is 0 Å². The van der Waals surface area contributed by atoms with Crippen LogP contribution in [0.5, 0.6) is 0 Å². The molecular weight excluding hydrogens is 408 g/mol. The number of carbonyl (C=O) groups excluding carboxylic acids is 1. The Morgan fingerprint density at radius 3 is 2.31 bits per heavy atom. The highest BCUT2D eigenvalue weighted by Gasteiger charge is 2.31. The highest BCUT2D eigenvalue weighted by atomic mass is 35.5. The second-order valence-electron chi connectivity index (χ2n) is 7.21. The molecule has 1 N–H and O–H groups in total. The van der Waals surface area contributed by atoms with Crippen molar-refractivity contribution in [3.63, 3.8) is 0 Å². The maximum absolute atomic E-state index is 13.0. The number of benzene rings is 2. The van der Waals surface area contributed by atoms with Crippen molar-refractivity contribution < 1.29 is 13.2 Å². The van der Waals surface area contributed by atoms with E-state index in [0.29, 0.717) is 22.8 Å². The molecule has 0 radical (unpaired) electrons. The molecule has 0 spiro atoms. The smallest absolute Gasteiger partial charge is 0.248 e. The second kappa shape index (κ2) is 10.1. The van der Waals surface area contributed by atoms with Crippen LogP contribution in [0.15, 0.2) is 42.5 Å². The summed E-state index contributed by atoms with van der Waals surface area (Å²) in [6.45, 7) is 5.77. The number of amides is 1. The first-order chi connectivity index (χ1) is 13.7. The summed E-state index contributed by atoms with van der Waals surface area (Å²) in [6, 6.07) is 11.8. The number of sulfonamides is 1. The SMILES string of the molecule is CCCCc1ccc(NC(=O)[C@@H](CC)N(c2ccc(C)c(Cl)c2)S(C)(=O)=O)cc1. The monoisotopic (exact) mass is 436 g/mol. The van der Waals surface area contributed by atoms with E-state index in [2.05, 4.69) is 12.2 Å². The third-order valence-corrected chi connectivity index (χ3v) is 6.37. The van der Waals surface area contributed by atoms with Crippen molar-refractivity contribution in [2.75, 3.05) is 15.9 Å². The number of anilines is 2. The zero-order chi connectivity index (χ0) is 21.6. The van der Waals surface area contributed by atoms with Crippen molar-refractivity contribution in [3.8, 4) is 0 Å². The molecule has 1 atom stereocenters. The lowest BCUT2D eigenvalue weighted by atomic mass is 10.1. The van der Waals surface area contributed by atoms with Gasteiger partial charge in [-0.2, -0.15) is 0 Å². The van der Waals surface area contributed by atoms with E-state index in [0.717, 1.165) is 35.4 Å². The van der Waals surface area contributed by atoms with Gasteiger partial charge in [-0.25, -0.2) is 8.42 Å². The van der Waals surface area contributed by atoms with Gasteiger partial charge in [0.25, 0.3) is 0 Å². The van der Waals surface area contributed by atoms with Crippen LogP contribution in [0.3, 0.4) is 0 Å². The van der Waals surface area contributed by atoms with Gasteiger partial charge in [0, 0.05) is 10.7 Å². The standard InChI is InChI=1S/C22H29ClN2O3S/c1-5-7-8-17-10-12-18(13-11-17)24-22(26)21(6-2)25(29(4,27)28)19-14-9-16(3)20(23)15-19/h9-15,21H,5-8H2,1-4H3,(H,24,26)/t21-/m1/s1. The van der Waals surface area contributed by atoms with E-state index in [1.807, 2.05) is 31.2 Å².